The summed E-state index contributed by atoms with van der Waals surface area (Å²) in [5.41, 5.74) is 7.88. The third-order valence-electron chi connectivity index (χ3n) is 4.34. The molecule has 0 aliphatic carbocycles. The maximum atomic E-state index is 13.1. The van der Waals surface area contributed by atoms with Gasteiger partial charge in [0.2, 0.25) is 12.1 Å². The van der Waals surface area contributed by atoms with Crippen molar-refractivity contribution in [2.24, 2.45) is 10.7 Å². The fourth-order valence-electron chi connectivity index (χ4n) is 2.87. The summed E-state index contributed by atoms with van der Waals surface area (Å²) in [6.45, 7) is 3.79. The van der Waals surface area contributed by atoms with Gasteiger partial charge in [0.15, 0.2) is 0 Å². The van der Waals surface area contributed by atoms with Crippen LogP contribution in [-0.2, 0) is 14.4 Å². The number of rotatable bonds is 7. The third-order valence-corrected chi connectivity index (χ3v) is 4.73. The summed E-state index contributed by atoms with van der Waals surface area (Å²) in [4.78, 5) is 43.9. The Kier molecular flexibility index (Phi) is 7.71. The Bertz CT molecular complexity index is 807. The van der Waals surface area contributed by atoms with Crippen molar-refractivity contribution < 1.29 is 14.4 Å². The van der Waals surface area contributed by atoms with Crippen LogP contribution in [0.3, 0.4) is 0 Å². The summed E-state index contributed by atoms with van der Waals surface area (Å²) in [5, 5.41) is 0. The monoisotopic (exact) mass is 400 g/mol. The van der Waals surface area contributed by atoms with Gasteiger partial charge in [-0.15, -0.1) is 0 Å². The molecule has 2 atom stereocenters. The Balaban J connectivity index is 2.60. The molecule has 148 valence electrons. The van der Waals surface area contributed by atoms with E-state index in [1.54, 1.807) is 12.2 Å². The number of carbonyl (C=O) groups is 3. The molecule has 2 amide bonds. The second-order valence-electron chi connectivity index (χ2n) is 6.27. The SMILES string of the molecule is C=C/C=C1\CN(CC=O)C(=O)C(N(C)C(=O)C(N)CS)N=C1c1ccccc1. The minimum absolute atomic E-state index is 0.109. The zero-order valence-corrected chi connectivity index (χ0v) is 16.6. The van der Waals surface area contributed by atoms with Crippen LogP contribution in [-0.4, -0.2) is 71.7 Å². The molecule has 2 unspecified atom stereocenters. The highest BCUT2D eigenvalue weighted by atomic mass is 32.1. The normalized spacial score (nSPS) is 19.6. The highest BCUT2D eigenvalue weighted by molar-refractivity contribution is 7.80. The van der Waals surface area contributed by atoms with Crippen molar-refractivity contribution in [3.63, 3.8) is 0 Å². The molecule has 7 nitrogen and oxygen atoms in total. The lowest BCUT2D eigenvalue weighted by Crippen LogP contribution is -2.52. The molecule has 2 N–H and O–H groups in total. The number of hydrogen-bond acceptors (Lipinski definition) is 6. The first-order chi connectivity index (χ1) is 13.4. The lowest BCUT2D eigenvalue weighted by molar-refractivity contribution is -0.144. The van der Waals surface area contributed by atoms with E-state index < -0.39 is 24.0 Å². The molecule has 1 heterocycles. The van der Waals surface area contributed by atoms with Gasteiger partial charge >= 0.3 is 0 Å². The van der Waals surface area contributed by atoms with Crippen LogP contribution >= 0.6 is 12.6 Å². The van der Waals surface area contributed by atoms with Crippen LogP contribution < -0.4 is 5.73 Å². The van der Waals surface area contributed by atoms with Crippen molar-refractivity contribution in [2.45, 2.75) is 12.2 Å². The van der Waals surface area contributed by atoms with Crippen LogP contribution in [0.5, 0.6) is 0 Å². The first-order valence-electron chi connectivity index (χ1n) is 8.75. The molecule has 2 rings (SSSR count). The number of hydrogen-bond donors (Lipinski definition) is 2. The largest absolute Gasteiger partial charge is 0.328 e. The molecule has 1 aliphatic heterocycles. The predicted octanol–water partition coefficient (Wildman–Crippen LogP) is 0.671. The maximum absolute atomic E-state index is 13.1. The van der Waals surface area contributed by atoms with Crippen LogP contribution in [0.25, 0.3) is 0 Å². The van der Waals surface area contributed by atoms with E-state index in [1.807, 2.05) is 30.3 Å². The molecular formula is C20H24N4O3S. The number of carbonyl (C=O) groups excluding carboxylic acids is 3. The number of aldehydes is 1. The van der Waals surface area contributed by atoms with Crippen molar-refractivity contribution in [1.82, 2.24) is 9.80 Å². The van der Waals surface area contributed by atoms with Crippen molar-refractivity contribution in [1.29, 1.82) is 0 Å². The zero-order chi connectivity index (χ0) is 20.7. The molecule has 0 spiro atoms. The van der Waals surface area contributed by atoms with Gasteiger partial charge in [-0.05, 0) is 5.57 Å². The molecule has 0 fully saturated rings. The number of nitrogens with zero attached hydrogens (tertiary/aromatic N) is 3. The maximum Gasteiger partial charge on any atom is 0.268 e. The molecule has 0 saturated heterocycles. The number of nitrogens with two attached hydrogens (primary N) is 1. The standard InChI is InChI=1S/C20H24N4O3S/c1-3-7-15-12-24(10-11-25)20(27)18(23(2)19(26)16(21)13-28)22-17(15)14-8-5-4-6-9-14/h3-9,11,16,18,28H,1,10,12-13,21H2,2H3/b15-7+. The quantitative estimate of drug-likeness (QED) is 0.519. The number of likely N-dealkylation sites (N-methyl/N-ethyl adjacent to an activating group) is 1. The molecule has 1 aromatic carbocycles. The van der Waals surface area contributed by atoms with Crippen LogP contribution in [0.15, 0.2) is 59.6 Å². The van der Waals surface area contributed by atoms with E-state index >= 15 is 0 Å². The van der Waals surface area contributed by atoms with E-state index in [2.05, 4.69) is 24.2 Å². The zero-order valence-electron chi connectivity index (χ0n) is 15.7. The number of aliphatic imine (C=N–C) groups is 1. The summed E-state index contributed by atoms with van der Waals surface area (Å²) in [6, 6.07) is 8.48. The van der Waals surface area contributed by atoms with Gasteiger partial charge in [-0.2, -0.15) is 12.6 Å². The minimum atomic E-state index is -1.13. The number of thiol groups is 1. The lowest BCUT2D eigenvalue weighted by Gasteiger charge is -2.28. The van der Waals surface area contributed by atoms with E-state index in [9.17, 15) is 14.4 Å². The number of benzene rings is 1. The summed E-state index contributed by atoms with van der Waals surface area (Å²) >= 11 is 4.06. The summed E-state index contributed by atoms with van der Waals surface area (Å²) < 4.78 is 0. The molecule has 0 saturated carbocycles. The van der Waals surface area contributed by atoms with Crippen molar-refractivity contribution in [3.8, 4) is 0 Å². The van der Waals surface area contributed by atoms with Gasteiger partial charge in [-0.3, -0.25) is 9.59 Å². The fraction of sp³-hybridized carbons (Fsp3) is 0.300. The average molecular weight is 401 g/mol. The average Bonchev–Trinajstić information content (AvgIpc) is 2.85. The Morgan fingerprint density at radius 2 is 2.14 bits per heavy atom. The van der Waals surface area contributed by atoms with Gasteiger partial charge in [0.1, 0.15) is 6.29 Å². The first-order valence-corrected chi connectivity index (χ1v) is 9.38. The van der Waals surface area contributed by atoms with Gasteiger partial charge in [-0.25, -0.2) is 4.99 Å². The predicted molar refractivity (Wildman–Crippen MR) is 112 cm³/mol. The van der Waals surface area contributed by atoms with E-state index in [0.717, 1.165) is 11.1 Å². The van der Waals surface area contributed by atoms with E-state index in [4.69, 9.17) is 5.73 Å². The molecule has 8 heteroatoms. The van der Waals surface area contributed by atoms with Crippen molar-refractivity contribution in [3.05, 3.63) is 60.2 Å². The van der Waals surface area contributed by atoms with Crippen LogP contribution in [0.2, 0.25) is 0 Å². The second kappa shape index (κ2) is 10.0. The van der Waals surface area contributed by atoms with Crippen LogP contribution in [0, 0.1) is 0 Å². The molecule has 28 heavy (non-hydrogen) atoms. The highest BCUT2D eigenvalue weighted by Gasteiger charge is 2.35. The van der Waals surface area contributed by atoms with Crippen molar-refractivity contribution >= 4 is 36.4 Å². The molecular weight excluding hydrogens is 376 g/mol. The summed E-state index contributed by atoms with van der Waals surface area (Å²) in [5.74, 6) is -0.763. The summed E-state index contributed by atoms with van der Waals surface area (Å²) in [7, 11) is 1.47. The smallest absolute Gasteiger partial charge is 0.268 e. The first kappa shape index (κ1) is 21.6. The van der Waals surface area contributed by atoms with E-state index in [-0.39, 0.29) is 18.8 Å². The Morgan fingerprint density at radius 1 is 1.46 bits per heavy atom. The second-order valence-corrected chi connectivity index (χ2v) is 6.63. The van der Waals surface area contributed by atoms with E-state index in [0.29, 0.717) is 12.0 Å². The Hall–Kier alpha value is -2.71. The molecule has 0 bridgehead atoms. The van der Waals surface area contributed by atoms with Gasteiger partial charge in [0.25, 0.3) is 5.91 Å². The van der Waals surface area contributed by atoms with Crippen LogP contribution in [0.4, 0.5) is 0 Å². The van der Waals surface area contributed by atoms with Gasteiger partial charge in [-0.1, -0.05) is 49.1 Å². The third kappa shape index (κ3) is 4.76. The highest BCUT2D eigenvalue weighted by Crippen LogP contribution is 2.20. The Morgan fingerprint density at radius 3 is 2.71 bits per heavy atom. The van der Waals surface area contributed by atoms with Gasteiger partial charge < -0.3 is 20.3 Å². The van der Waals surface area contributed by atoms with Crippen molar-refractivity contribution in [2.75, 3.05) is 25.9 Å². The van der Waals surface area contributed by atoms with Crippen LogP contribution in [0.1, 0.15) is 5.56 Å². The lowest BCUT2D eigenvalue weighted by atomic mass is 10.0. The van der Waals surface area contributed by atoms with E-state index in [1.165, 1.54) is 16.8 Å². The molecule has 1 aliphatic rings. The number of allylic oxidation sites excluding steroid dienone is 2. The molecule has 0 radical (unpaired) electrons. The minimum Gasteiger partial charge on any atom is -0.328 e. The topological polar surface area (TPSA) is 96.1 Å². The summed E-state index contributed by atoms with van der Waals surface area (Å²) in [6.07, 6.45) is 2.86. The molecule has 1 aromatic rings. The Labute approximate surface area is 170 Å². The molecule has 0 aromatic heterocycles. The fourth-order valence-corrected chi connectivity index (χ4v) is 3.03. The van der Waals surface area contributed by atoms with Gasteiger partial charge in [0, 0.05) is 24.9 Å². The number of amides is 2. The van der Waals surface area contributed by atoms with Gasteiger partial charge in [0.05, 0.1) is 18.3 Å².